The van der Waals surface area contributed by atoms with Crippen molar-refractivity contribution in [3.63, 3.8) is 0 Å². The molecule has 102 valence electrons. The predicted molar refractivity (Wildman–Crippen MR) is 79.6 cm³/mol. The lowest BCUT2D eigenvalue weighted by molar-refractivity contribution is 0.617. The van der Waals surface area contributed by atoms with Gasteiger partial charge in [0.05, 0.1) is 16.7 Å². The summed E-state index contributed by atoms with van der Waals surface area (Å²) in [4.78, 5) is 4.58. The molecule has 0 aliphatic carbocycles. The molecule has 3 rings (SSSR count). The fraction of sp³-hybridized carbons (Fsp3) is 0.188. The topological polar surface area (TPSA) is 43.8 Å². The Morgan fingerprint density at radius 2 is 2.00 bits per heavy atom. The molecule has 4 heteroatoms. The lowest BCUT2D eigenvalue weighted by Crippen LogP contribution is -2.01. The van der Waals surface area contributed by atoms with E-state index in [9.17, 15) is 4.39 Å². The van der Waals surface area contributed by atoms with E-state index in [1.54, 1.807) is 19.1 Å². The van der Waals surface area contributed by atoms with Crippen LogP contribution in [0.25, 0.3) is 16.7 Å². The molecule has 0 unspecified atom stereocenters. The maximum Gasteiger partial charge on any atom is 0.128 e. The number of aryl methyl sites for hydroxylation is 2. The molecule has 0 atom stereocenters. The Morgan fingerprint density at radius 3 is 2.70 bits per heavy atom. The van der Waals surface area contributed by atoms with Crippen LogP contribution in [-0.4, -0.2) is 9.55 Å². The van der Waals surface area contributed by atoms with Gasteiger partial charge in [-0.1, -0.05) is 13.0 Å². The van der Waals surface area contributed by atoms with Gasteiger partial charge in [0.1, 0.15) is 11.6 Å². The summed E-state index contributed by atoms with van der Waals surface area (Å²) >= 11 is 0. The Balaban J connectivity index is 2.30. The van der Waals surface area contributed by atoms with Gasteiger partial charge in [-0.25, -0.2) is 9.37 Å². The molecule has 2 N–H and O–H groups in total. The first-order valence-electron chi connectivity index (χ1n) is 6.63. The van der Waals surface area contributed by atoms with Crippen LogP contribution in [0.5, 0.6) is 0 Å². The van der Waals surface area contributed by atoms with Crippen molar-refractivity contribution in [1.82, 2.24) is 9.55 Å². The van der Waals surface area contributed by atoms with Crippen LogP contribution in [0.15, 0.2) is 36.4 Å². The molecule has 0 radical (unpaired) electrons. The van der Waals surface area contributed by atoms with Crippen LogP contribution in [-0.2, 0) is 6.42 Å². The van der Waals surface area contributed by atoms with Crippen LogP contribution in [0.2, 0.25) is 0 Å². The maximum atomic E-state index is 13.8. The van der Waals surface area contributed by atoms with Crippen LogP contribution in [0.4, 0.5) is 10.1 Å². The maximum absolute atomic E-state index is 13.8. The molecule has 1 heterocycles. The Morgan fingerprint density at radius 1 is 1.20 bits per heavy atom. The van der Waals surface area contributed by atoms with Crippen molar-refractivity contribution in [3.05, 3.63) is 53.6 Å². The summed E-state index contributed by atoms with van der Waals surface area (Å²) in [6.45, 7) is 3.79. The van der Waals surface area contributed by atoms with Gasteiger partial charge in [-0.3, -0.25) is 4.57 Å². The monoisotopic (exact) mass is 269 g/mol. The lowest BCUT2D eigenvalue weighted by atomic mass is 10.2. The van der Waals surface area contributed by atoms with Crippen LogP contribution < -0.4 is 5.73 Å². The molecule has 2 aromatic carbocycles. The van der Waals surface area contributed by atoms with Crippen molar-refractivity contribution in [3.8, 4) is 5.69 Å². The number of hydrogen-bond acceptors (Lipinski definition) is 2. The van der Waals surface area contributed by atoms with Gasteiger partial charge in [0, 0.05) is 12.1 Å². The standard InChI is InChI=1S/C16H16FN3/c1-3-16-19-14-8-11(18)5-7-15(14)20(16)12-6-4-10(2)13(17)9-12/h4-9H,3,18H2,1-2H3. The fourth-order valence-electron chi connectivity index (χ4n) is 2.39. The van der Waals surface area contributed by atoms with Crippen LogP contribution in [0.3, 0.4) is 0 Å². The van der Waals surface area contributed by atoms with E-state index >= 15 is 0 Å². The molecule has 0 spiro atoms. The SMILES string of the molecule is CCc1nc2cc(N)ccc2n1-c1ccc(C)c(F)c1. The third-order valence-electron chi connectivity index (χ3n) is 3.48. The molecule has 20 heavy (non-hydrogen) atoms. The van der Waals surface area contributed by atoms with E-state index in [0.29, 0.717) is 11.3 Å². The van der Waals surface area contributed by atoms with Crippen LogP contribution in [0.1, 0.15) is 18.3 Å². The summed E-state index contributed by atoms with van der Waals surface area (Å²) in [6, 6.07) is 10.9. The molecule has 0 aliphatic heterocycles. The number of anilines is 1. The zero-order valence-corrected chi connectivity index (χ0v) is 11.5. The Labute approximate surface area is 116 Å². The molecule has 0 fully saturated rings. The molecule has 3 aromatic rings. The minimum Gasteiger partial charge on any atom is -0.399 e. The van der Waals surface area contributed by atoms with E-state index in [4.69, 9.17) is 5.73 Å². The molecule has 0 saturated heterocycles. The lowest BCUT2D eigenvalue weighted by Gasteiger charge is -2.09. The van der Waals surface area contributed by atoms with Crippen molar-refractivity contribution in [2.45, 2.75) is 20.3 Å². The van der Waals surface area contributed by atoms with Crippen molar-refractivity contribution in [2.75, 3.05) is 5.73 Å². The molecule has 0 saturated carbocycles. The zero-order valence-electron chi connectivity index (χ0n) is 11.5. The first-order valence-corrected chi connectivity index (χ1v) is 6.63. The number of nitrogens with two attached hydrogens (primary N) is 1. The summed E-state index contributed by atoms with van der Waals surface area (Å²) in [7, 11) is 0. The van der Waals surface area contributed by atoms with Gasteiger partial charge in [-0.05, 0) is 42.8 Å². The number of fused-ring (bicyclic) bond motifs is 1. The second-order valence-electron chi connectivity index (χ2n) is 4.90. The second kappa shape index (κ2) is 4.63. The highest BCUT2D eigenvalue weighted by Gasteiger charge is 2.12. The van der Waals surface area contributed by atoms with Crippen LogP contribution in [0, 0.1) is 12.7 Å². The Hall–Kier alpha value is -2.36. The van der Waals surface area contributed by atoms with E-state index in [1.807, 2.05) is 35.8 Å². The minimum atomic E-state index is -0.207. The quantitative estimate of drug-likeness (QED) is 0.722. The van der Waals surface area contributed by atoms with Gasteiger partial charge in [-0.2, -0.15) is 0 Å². The van der Waals surface area contributed by atoms with E-state index in [0.717, 1.165) is 29.0 Å². The van der Waals surface area contributed by atoms with Gasteiger partial charge in [0.25, 0.3) is 0 Å². The number of imidazole rings is 1. The number of aromatic nitrogens is 2. The third kappa shape index (κ3) is 1.93. The summed E-state index contributed by atoms with van der Waals surface area (Å²) in [5.41, 5.74) is 9.69. The summed E-state index contributed by atoms with van der Waals surface area (Å²) in [5, 5.41) is 0. The first kappa shape index (κ1) is 12.7. The van der Waals surface area contributed by atoms with Crippen molar-refractivity contribution in [2.24, 2.45) is 0 Å². The number of halogens is 1. The number of nitrogen functional groups attached to an aromatic ring is 1. The van der Waals surface area contributed by atoms with Gasteiger partial charge in [0.15, 0.2) is 0 Å². The van der Waals surface area contributed by atoms with Gasteiger partial charge in [0.2, 0.25) is 0 Å². The van der Waals surface area contributed by atoms with E-state index in [-0.39, 0.29) is 5.82 Å². The number of nitrogens with zero attached hydrogens (tertiary/aromatic N) is 2. The summed E-state index contributed by atoms with van der Waals surface area (Å²) < 4.78 is 15.8. The molecule has 1 aromatic heterocycles. The van der Waals surface area contributed by atoms with Crippen molar-refractivity contribution in [1.29, 1.82) is 0 Å². The first-order chi connectivity index (χ1) is 9.60. The summed E-state index contributed by atoms with van der Waals surface area (Å²) in [6.07, 6.45) is 0.768. The van der Waals surface area contributed by atoms with Crippen molar-refractivity contribution < 1.29 is 4.39 Å². The average Bonchev–Trinajstić information content (AvgIpc) is 2.79. The molecule has 0 aliphatic rings. The Bertz CT molecular complexity index is 790. The molecular weight excluding hydrogens is 253 g/mol. The Kier molecular flexibility index (Phi) is 2.93. The largest absolute Gasteiger partial charge is 0.399 e. The van der Waals surface area contributed by atoms with Gasteiger partial charge in [-0.15, -0.1) is 0 Å². The minimum absolute atomic E-state index is 0.207. The van der Waals surface area contributed by atoms with E-state index in [1.165, 1.54) is 0 Å². The highest BCUT2D eigenvalue weighted by Crippen LogP contribution is 2.24. The molecule has 3 nitrogen and oxygen atoms in total. The third-order valence-corrected chi connectivity index (χ3v) is 3.48. The zero-order chi connectivity index (χ0) is 14.3. The van der Waals surface area contributed by atoms with Crippen molar-refractivity contribution >= 4 is 16.7 Å². The van der Waals surface area contributed by atoms with E-state index < -0.39 is 0 Å². The average molecular weight is 269 g/mol. The number of benzene rings is 2. The highest BCUT2D eigenvalue weighted by atomic mass is 19.1. The van der Waals surface area contributed by atoms with Gasteiger partial charge < -0.3 is 5.73 Å². The van der Waals surface area contributed by atoms with E-state index in [2.05, 4.69) is 4.98 Å². The predicted octanol–water partition coefficient (Wildman–Crippen LogP) is 3.62. The second-order valence-corrected chi connectivity index (χ2v) is 4.90. The summed E-state index contributed by atoms with van der Waals surface area (Å²) in [5.74, 6) is 0.690. The molecule has 0 bridgehead atoms. The smallest absolute Gasteiger partial charge is 0.128 e. The molecule has 0 amide bonds. The molecular formula is C16H16FN3. The number of hydrogen-bond donors (Lipinski definition) is 1. The highest BCUT2D eigenvalue weighted by molar-refractivity contribution is 5.81. The van der Waals surface area contributed by atoms with Gasteiger partial charge >= 0.3 is 0 Å². The fourth-order valence-corrected chi connectivity index (χ4v) is 2.39. The normalized spacial score (nSPS) is 11.2. The number of rotatable bonds is 2. The van der Waals surface area contributed by atoms with Crippen LogP contribution >= 0.6 is 0 Å².